The van der Waals surface area contributed by atoms with Gasteiger partial charge in [-0.15, -0.1) is 0 Å². The first-order valence-corrected chi connectivity index (χ1v) is 15.7. The van der Waals surface area contributed by atoms with Gasteiger partial charge in [-0.25, -0.2) is 0 Å². The van der Waals surface area contributed by atoms with Crippen LogP contribution in [-0.2, 0) is 32.8 Å². The van der Waals surface area contributed by atoms with Gasteiger partial charge in [0.05, 0.1) is 13.7 Å². The van der Waals surface area contributed by atoms with E-state index < -0.39 is 20.8 Å². The van der Waals surface area contributed by atoms with Gasteiger partial charge in [0.25, 0.3) is 0 Å². The van der Waals surface area contributed by atoms with Gasteiger partial charge in [0.1, 0.15) is 11.5 Å². The molecule has 0 spiro atoms. The van der Waals surface area contributed by atoms with E-state index in [0.29, 0.717) is 17.9 Å². The molecule has 0 radical (unpaired) electrons. The van der Waals surface area contributed by atoms with Crippen LogP contribution in [0.3, 0.4) is 0 Å². The van der Waals surface area contributed by atoms with Crippen LogP contribution in [0.2, 0.25) is 0 Å². The number of nitrogens with zero attached hydrogens (tertiary/aromatic N) is 1. The summed E-state index contributed by atoms with van der Waals surface area (Å²) in [6.07, 6.45) is 1.72. The Balaban J connectivity index is 0.00000101. The molecular weight excluding hydrogens is 496 g/mol. The molecule has 0 amide bonds. The molecule has 30 heavy (non-hydrogen) atoms. The van der Waals surface area contributed by atoms with E-state index in [4.69, 9.17) is 21.8 Å². The minimum atomic E-state index is -0.826. The first-order chi connectivity index (χ1) is 14.4. The van der Waals surface area contributed by atoms with Crippen molar-refractivity contribution in [2.75, 3.05) is 7.11 Å². The third-order valence-electron chi connectivity index (χ3n) is 4.86. The van der Waals surface area contributed by atoms with Crippen molar-refractivity contribution >= 4 is 23.2 Å². The molecule has 0 aliphatic rings. The van der Waals surface area contributed by atoms with Gasteiger partial charge in [0.2, 0.25) is 0 Å². The number of halogens is 2. The average molecular weight is 522 g/mol. The summed E-state index contributed by atoms with van der Waals surface area (Å²) in [6, 6.07) is 23.9. The van der Waals surface area contributed by atoms with Crippen molar-refractivity contribution in [1.29, 1.82) is 0 Å². The summed E-state index contributed by atoms with van der Waals surface area (Å²) in [7, 11) is 11.5. The van der Waals surface area contributed by atoms with Gasteiger partial charge in [0.15, 0.2) is 0 Å². The normalized spacial score (nSPS) is 11.0. The summed E-state index contributed by atoms with van der Waals surface area (Å²) in [6.45, 7) is 4.76. The molecule has 6 heteroatoms. The van der Waals surface area contributed by atoms with Gasteiger partial charge >= 0.3 is 37.9 Å². The number of hydrogen-bond acceptors (Lipinski definition) is 3. The zero-order chi connectivity index (χ0) is 22.0. The van der Waals surface area contributed by atoms with Crippen molar-refractivity contribution in [2.45, 2.75) is 25.8 Å². The second-order valence-electron chi connectivity index (χ2n) is 7.13. The number of hydrogen-bond donors (Lipinski definition) is 1. The average Bonchev–Trinajstić information content (AvgIpc) is 2.76. The Bertz CT molecular complexity index is 948. The Morgan fingerprint density at radius 3 is 2.13 bits per heavy atom. The maximum absolute atomic E-state index is 11.0. The van der Waals surface area contributed by atoms with E-state index >= 15 is 0 Å². The fraction of sp³-hybridized carbons (Fsp3) is 0.208. The van der Waals surface area contributed by atoms with Crippen molar-refractivity contribution in [1.82, 2.24) is 0 Å². The van der Waals surface area contributed by atoms with Crippen molar-refractivity contribution in [3.05, 3.63) is 95.1 Å². The Kier molecular flexibility index (Phi) is 10.1. The predicted molar refractivity (Wildman–Crippen MR) is 123 cm³/mol. The van der Waals surface area contributed by atoms with E-state index in [-0.39, 0.29) is 11.2 Å². The molecule has 3 aromatic rings. The van der Waals surface area contributed by atoms with E-state index in [2.05, 4.69) is 31.0 Å². The number of ether oxygens (including phenoxy) is 1. The van der Waals surface area contributed by atoms with Crippen molar-refractivity contribution in [2.24, 2.45) is 4.99 Å². The van der Waals surface area contributed by atoms with Gasteiger partial charge in [-0.2, -0.15) is 0 Å². The monoisotopic (exact) mass is 519 g/mol. The van der Waals surface area contributed by atoms with Gasteiger partial charge in [-0.1, -0.05) is 74.5 Å². The van der Waals surface area contributed by atoms with Crippen LogP contribution in [0, 0.1) is 0 Å². The molecule has 0 aromatic heterocycles. The third kappa shape index (κ3) is 6.70. The van der Waals surface area contributed by atoms with Crippen LogP contribution >= 0.6 is 17.0 Å². The fourth-order valence-corrected chi connectivity index (χ4v) is 3.17. The number of phenolic OH excluding ortho intramolecular Hbond substituents is 1. The van der Waals surface area contributed by atoms with Crippen LogP contribution in [0.25, 0.3) is 0 Å². The molecule has 3 nitrogen and oxygen atoms in total. The van der Waals surface area contributed by atoms with Crippen molar-refractivity contribution in [3.63, 3.8) is 0 Å². The topological polar surface area (TPSA) is 41.8 Å². The summed E-state index contributed by atoms with van der Waals surface area (Å²) in [5.74, 6) is 0.939. The van der Waals surface area contributed by atoms with E-state index in [1.807, 2.05) is 60.7 Å². The van der Waals surface area contributed by atoms with Gasteiger partial charge in [-0.3, -0.25) is 4.99 Å². The molecule has 0 aliphatic carbocycles. The van der Waals surface area contributed by atoms with E-state index in [1.165, 1.54) is 0 Å². The first kappa shape index (κ1) is 24.7. The van der Waals surface area contributed by atoms with E-state index in [0.717, 1.165) is 16.7 Å². The molecule has 0 saturated heterocycles. The third-order valence-corrected chi connectivity index (χ3v) is 4.86. The molecule has 3 aromatic carbocycles. The molecule has 0 heterocycles. The number of aliphatic imine (C=N–C) groups is 1. The number of methoxy groups -OCH3 is 1. The summed E-state index contributed by atoms with van der Waals surface area (Å²) in [5.41, 5.74) is 3.35. The molecule has 3 rings (SSSR count). The molecule has 0 saturated carbocycles. The first-order valence-electron chi connectivity index (χ1n) is 9.41. The molecule has 0 atom stereocenters. The second kappa shape index (κ2) is 12.3. The standard InChI is InChI=1S/C24H25NO2.2ClH.Zr/c1-24(2,20-12-8-5-9-13-20)22-15-21(27-3)14-19(23(22)26)17-25-16-18-10-6-4-7-11-18;;;/h4-15,17,26H,16H2,1-3H3;2*1H;/q;;;+2/p-2. The Morgan fingerprint density at radius 2 is 1.57 bits per heavy atom. The molecule has 1 N–H and O–H groups in total. The van der Waals surface area contributed by atoms with Crippen LogP contribution in [0.4, 0.5) is 0 Å². The fourth-order valence-electron chi connectivity index (χ4n) is 3.17. The summed E-state index contributed by atoms with van der Waals surface area (Å²) in [5, 5.41) is 11.0. The molecule has 156 valence electrons. The Hall–Kier alpha value is -1.61. The second-order valence-corrected chi connectivity index (χ2v) is 10.9. The van der Waals surface area contributed by atoms with Gasteiger partial charge in [-0.05, 0) is 23.3 Å². The van der Waals surface area contributed by atoms with Crippen LogP contribution in [0.1, 0.15) is 36.1 Å². The van der Waals surface area contributed by atoms with Crippen molar-refractivity contribution in [3.8, 4) is 11.5 Å². The molecule has 0 fully saturated rings. The van der Waals surface area contributed by atoms with Crippen LogP contribution in [0.5, 0.6) is 11.5 Å². The van der Waals surface area contributed by atoms with Crippen LogP contribution < -0.4 is 4.74 Å². The van der Waals surface area contributed by atoms with E-state index in [1.54, 1.807) is 13.3 Å². The molecule has 0 bridgehead atoms. The van der Waals surface area contributed by atoms with Crippen molar-refractivity contribution < 1.29 is 30.7 Å². The van der Waals surface area contributed by atoms with E-state index in [9.17, 15) is 5.11 Å². The van der Waals surface area contributed by atoms with Crippen LogP contribution in [0.15, 0.2) is 77.8 Å². The number of phenols is 1. The van der Waals surface area contributed by atoms with Gasteiger partial charge in [0, 0.05) is 22.8 Å². The van der Waals surface area contributed by atoms with Gasteiger partial charge < -0.3 is 9.84 Å². The Labute approximate surface area is 197 Å². The molecular formula is C24H25Cl2NO2Zr. The van der Waals surface area contributed by atoms with Crippen LogP contribution in [-0.4, -0.2) is 18.4 Å². The zero-order valence-corrected chi connectivity index (χ0v) is 21.2. The summed E-state index contributed by atoms with van der Waals surface area (Å²) < 4.78 is 5.47. The number of rotatable bonds is 6. The zero-order valence-electron chi connectivity index (χ0n) is 17.3. The minimum absolute atomic E-state index is 0.237. The SMILES string of the molecule is COc1cc(C=NCc2ccccc2)c(O)c(C(C)(C)c2ccccc2)c1.[Cl][Zr][Cl]. The summed E-state index contributed by atoms with van der Waals surface area (Å²) >= 11 is -0.826. The molecule has 0 aliphatic heterocycles. The molecule has 0 unspecified atom stereocenters. The quantitative estimate of drug-likeness (QED) is 0.366. The Morgan fingerprint density at radius 1 is 1.00 bits per heavy atom. The maximum atomic E-state index is 11.0. The summed E-state index contributed by atoms with van der Waals surface area (Å²) in [4.78, 5) is 4.50. The number of benzene rings is 3. The predicted octanol–water partition coefficient (Wildman–Crippen LogP) is 6.72. The number of aromatic hydroxyl groups is 1.